The molecule has 1 fully saturated rings. The largest absolute Gasteiger partial charge is 0.490 e. The van der Waals surface area contributed by atoms with E-state index >= 15 is 0 Å². The van der Waals surface area contributed by atoms with Gasteiger partial charge in [-0.25, -0.2) is 17.9 Å². The van der Waals surface area contributed by atoms with Crippen LogP contribution >= 0.6 is 11.6 Å². The third-order valence-electron chi connectivity index (χ3n) is 8.39. The van der Waals surface area contributed by atoms with Crippen molar-refractivity contribution in [2.75, 3.05) is 37.3 Å². The molecule has 3 N–H and O–H groups in total. The first kappa shape index (κ1) is 41.4. The predicted molar refractivity (Wildman–Crippen MR) is 205 cm³/mol. The van der Waals surface area contributed by atoms with Gasteiger partial charge in [-0.05, 0) is 106 Å². The van der Waals surface area contributed by atoms with E-state index < -0.39 is 39.7 Å². The zero-order valence-corrected chi connectivity index (χ0v) is 32.3. The lowest BCUT2D eigenvalue weighted by atomic mass is 9.97. The van der Waals surface area contributed by atoms with Crippen LogP contribution in [0.15, 0.2) is 66.7 Å². The maximum Gasteiger partial charge on any atom is 0.410 e. The number of amides is 2. The van der Waals surface area contributed by atoms with Gasteiger partial charge in [0.1, 0.15) is 11.4 Å². The highest BCUT2D eigenvalue weighted by Crippen LogP contribution is 2.32. The summed E-state index contributed by atoms with van der Waals surface area (Å²) in [5.74, 6) is -1.39. The number of carbonyl (C=O) groups excluding carboxylic acids is 3. The number of nitrogens with one attached hydrogen (secondary N) is 2. The first-order valence-electron chi connectivity index (χ1n) is 17.8. The van der Waals surface area contributed by atoms with Gasteiger partial charge in [0.15, 0.2) is 0 Å². The van der Waals surface area contributed by atoms with E-state index in [1.165, 1.54) is 11.8 Å². The van der Waals surface area contributed by atoms with E-state index in [0.717, 1.165) is 48.9 Å². The summed E-state index contributed by atoms with van der Waals surface area (Å²) in [4.78, 5) is 38.7. The molecular weight excluding hydrogens is 722 g/mol. The van der Waals surface area contributed by atoms with Crippen molar-refractivity contribution in [3.63, 3.8) is 0 Å². The summed E-state index contributed by atoms with van der Waals surface area (Å²) in [5, 5.41) is 14.7. The quantitative estimate of drug-likeness (QED) is 0.101. The van der Waals surface area contributed by atoms with Gasteiger partial charge in [0.25, 0.3) is 5.91 Å². The van der Waals surface area contributed by atoms with Gasteiger partial charge in [0, 0.05) is 30.7 Å². The number of hydrogen-bond donors (Lipinski definition) is 3. The molecule has 0 spiro atoms. The SMILES string of the molecule is CC(=O)OCCCS(=O)(=O)NC(=O)c1ccc(-c2ccc(NCCN(C[C@@H](O)c3cccc(Cl)c3)C(=O)OC(C)(C)C)cc2)cc1OC1CCCCC1. The second-order valence-electron chi connectivity index (χ2n) is 14.0. The van der Waals surface area contributed by atoms with Crippen LogP contribution in [-0.2, 0) is 24.3 Å². The van der Waals surface area contributed by atoms with Crippen molar-refractivity contribution in [3.05, 3.63) is 82.9 Å². The molecule has 1 aliphatic carbocycles. The standard InChI is InChI=1S/C39H50ClN3O9S/c1-27(44)50-22-9-23-53(48,49)42-37(46)34-19-16-29(25-36(34)51-33-12-6-5-7-13-33)28-14-17-32(18-15-28)41-20-21-43(38(47)52-39(2,3)4)26-35(45)30-10-8-11-31(40)24-30/h8,10-11,14-19,24-25,33,35,41,45H,5-7,9,12-13,20-23,26H2,1-4H3,(H,42,46)/t35-/m1/s1. The molecule has 14 heteroatoms. The molecule has 0 saturated heterocycles. The predicted octanol–water partition coefficient (Wildman–Crippen LogP) is 7.11. The number of hydrogen-bond acceptors (Lipinski definition) is 10. The molecule has 12 nitrogen and oxygen atoms in total. The van der Waals surface area contributed by atoms with Crippen LogP contribution in [0.3, 0.4) is 0 Å². The number of aliphatic hydroxyl groups is 1. The zero-order valence-electron chi connectivity index (χ0n) is 30.7. The summed E-state index contributed by atoms with van der Waals surface area (Å²) in [5.41, 5.74) is 2.39. The Morgan fingerprint density at radius 3 is 2.34 bits per heavy atom. The molecule has 1 aliphatic rings. The van der Waals surface area contributed by atoms with Gasteiger partial charge in [0.05, 0.1) is 36.7 Å². The molecule has 0 heterocycles. The summed E-state index contributed by atoms with van der Waals surface area (Å²) in [6.45, 7) is 7.16. The van der Waals surface area contributed by atoms with Gasteiger partial charge in [-0.15, -0.1) is 0 Å². The van der Waals surface area contributed by atoms with Crippen LogP contribution < -0.4 is 14.8 Å². The number of aliphatic hydroxyl groups excluding tert-OH is 1. The van der Waals surface area contributed by atoms with Crippen LogP contribution in [0, 0.1) is 0 Å². The lowest BCUT2D eigenvalue weighted by Crippen LogP contribution is -2.41. The van der Waals surface area contributed by atoms with Crippen molar-refractivity contribution in [1.82, 2.24) is 9.62 Å². The van der Waals surface area contributed by atoms with Gasteiger partial charge in [0.2, 0.25) is 10.0 Å². The number of ether oxygens (including phenoxy) is 3. The molecular formula is C39H50ClN3O9S. The Kier molecular flexibility index (Phi) is 15.0. The van der Waals surface area contributed by atoms with E-state index in [0.29, 0.717) is 22.9 Å². The van der Waals surface area contributed by atoms with Gasteiger partial charge < -0.3 is 29.5 Å². The number of sulfonamides is 1. The summed E-state index contributed by atoms with van der Waals surface area (Å²) >= 11 is 6.11. The molecule has 0 unspecified atom stereocenters. The maximum atomic E-state index is 13.2. The molecule has 0 aromatic heterocycles. The van der Waals surface area contributed by atoms with Crippen molar-refractivity contribution in [2.24, 2.45) is 0 Å². The van der Waals surface area contributed by atoms with Crippen LogP contribution in [0.1, 0.15) is 88.2 Å². The first-order chi connectivity index (χ1) is 25.1. The lowest BCUT2D eigenvalue weighted by Gasteiger charge is -2.29. The molecule has 0 bridgehead atoms. The molecule has 0 aliphatic heterocycles. The van der Waals surface area contributed by atoms with Crippen LogP contribution in [0.25, 0.3) is 11.1 Å². The molecule has 1 atom stereocenters. The molecule has 2 amide bonds. The Morgan fingerprint density at radius 2 is 1.68 bits per heavy atom. The fraction of sp³-hybridized carbons (Fsp3) is 0.462. The molecule has 288 valence electrons. The van der Waals surface area contributed by atoms with Gasteiger partial charge in [-0.1, -0.05) is 48.4 Å². The Labute approximate surface area is 317 Å². The Bertz CT molecular complexity index is 1810. The summed E-state index contributed by atoms with van der Waals surface area (Å²) in [7, 11) is -3.99. The van der Waals surface area contributed by atoms with Crippen molar-refractivity contribution < 1.29 is 42.1 Å². The van der Waals surface area contributed by atoms with E-state index in [1.54, 1.807) is 63.2 Å². The fourth-order valence-corrected chi connectivity index (χ4v) is 6.98. The second-order valence-corrected chi connectivity index (χ2v) is 16.3. The highest BCUT2D eigenvalue weighted by molar-refractivity contribution is 7.90. The fourth-order valence-electron chi connectivity index (χ4n) is 5.79. The van der Waals surface area contributed by atoms with E-state index in [1.807, 2.05) is 24.3 Å². The highest BCUT2D eigenvalue weighted by Gasteiger charge is 2.26. The Hall–Kier alpha value is -4.33. The van der Waals surface area contributed by atoms with E-state index in [-0.39, 0.29) is 43.5 Å². The number of esters is 1. The first-order valence-corrected chi connectivity index (χ1v) is 19.9. The summed E-state index contributed by atoms with van der Waals surface area (Å²) < 4.78 is 44.1. The van der Waals surface area contributed by atoms with Gasteiger partial charge >= 0.3 is 12.1 Å². The number of anilines is 1. The third kappa shape index (κ3) is 13.9. The van der Waals surface area contributed by atoms with Crippen LogP contribution in [-0.4, -0.2) is 80.1 Å². The smallest absolute Gasteiger partial charge is 0.410 e. The van der Waals surface area contributed by atoms with E-state index in [4.69, 9.17) is 25.8 Å². The van der Waals surface area contributed by atoms with Crippen molar-refractivity contribution in [3.8, 4) is 16.9 Å². The Balaban J connectivity index is 1.44. The third-order valence-corrected chi connectivity index (χ3v) is 9.95. The molecule has 4 rings (SSSR count). The Morgan fingerprint density at radius 1 is 0.981 bits per heavy atom. The van der Waals surface area contributed by atoms with Crippen LogP contribution in [0.4, 0.5) is 10.5 Å². The van der Waals surface area contributed by atoms with Crippen LogP contribution in [0.2, 0.25) is 5.02 Å². The maximum absolute atomic E-state index is 13.2. The lowest BCUT2D eigenvalue weighted by molar-refractivity contribution is -0.140. The topological polar surface area (TPSA) is 161 Å². The summed E-state index contributed by atoms with van der Waals surface area (Å²) in [6, 6.07) is 19.5. The van der Waals surface area contributed by atoms with E-state index in [2.05, 4.69) is 10.0 Å². The molecule has 1 saturated carbocycles. The van der Waals surface area contributed by atoms with Crippen molar-refractivity contribution >= 4 is 45.3 Å². The average Bonchev–Trinajstić information content (AvgIpc) is 3.09. The number of benzene rings is 3. The van der Waals surface area contributed by atoms with Gasteiger partial charge in [-0.2, -0.15) is 0 Å². The molecule has 53 heavy (non-hydrogen) atoms. The zero-order chi connectivity index (χ0) is 38.6. The second kappa shape index (κ2) is 19.1. The normalized spacial score (nSPS) is 14.2. The molecule has 3 aromatic rings. The highest BCUT2D eigenvalue weighted by atomic mass is 35.5. The number of carbonyl (C=O) groups is 3. The minimum absolute atomic E-state index is 0.0111. The van der Waals surface area contributed by atoms with Crippen LogP contribution in [0.5, 0.6) is 5.75 Å². The van der Waals surface area contributed by atoms with Gasteiger partial charge in [-0.3, -0.25) is 9.59 Å². The van der Waals surface area contributed by atoms with E-state index in [9.17, 15) is 27.9 Å². The minimum atomic E-state index is -3.99. The minimum Gasteiger partial charge on any atom is -0.490 e. The monoisotopic (exact) mass is 771 g/mol. The number of halogens is 1. The molecule has 3 aromatic carbocycles. The van der Waals surface area contributed by atoms with Crippen molar-refractivity contribution in [1.29, 1.82) is 0 Å². The van der Waals surface area contributed by atoms with Crippen molar-refractivity contribution in [2.45, 2.75) is 84.0 Å². The number of rotatable bonds is 16. The summed E-state index contributed by atoms with van der Waals surface area (Å²) in [6.07, 6.45) is 3.25. The molecule has 0 radical (unpaired) electrons. The number of nitrogens with zero attached hydrogens (tertiary/aromatic N) is 1. The average molecular weight is 772 g/mol.